The van der Waals surface area contributed by atoms with Crippen molar-refractivity contribution in [2.24, 2.45) is 0 Å². The molecule has 94 valence electrons. The van der Waals surface area contributed by atoms with E-state index in [9.17, 15) is 5.11 Å². The number of nitrogens with one attached hydrogen (secondary N) is 2. The largest absolute Gasteiger partial charge is 0.390 e. The third kappa shape index (κ3) is 3.06. The first-order valence-electron chi connectivity index (χ1n) is 6.53. The first-order valence-corrected chi connectivity index (χ1v) is 6.53. The van der Waals surface area contributed by atoms with Crippen LogP contribution in [0.15, 0.2) is 24.3 Å². The molecule has 2 atom stereocenters. The van der Waals surface area contributed by atoms with E-state index in [1.807, 2.05) is 6.07 Å². The minimum Gasteiger partial charge on any atom is -0.390 e. The predicted molar refractivity (Wildman–Crippen MR) is 70.1 cm³/mol. The lowest BCUT2D eigenvalue weighted by Crippen LogP contribution is -2.42. The highest BCUT2D eigenvalue weighted by Crippen LogP contribution is 2.24. The third-order valence-corrected chi connectivity index (χ3v) is 3.31. The Morgan fingerprint density at radius 1 is 1.47 bits per heavy atom. The fourth-order valence-electron chi connectivity index (χ4n) is 2.43. The van der Waals surface area contributed by atoms with Gasteiger partial charge in [-0.2, -0.15) is 0 Å². The van der Waals surface area contributed by atoms with Crippen LogP contribution < -0.4 is 10.6 Å². The lowest BCUT2D eigenvalue weighted by Gasteiger charge is -2.30. The van der Waals surface area contributed by atoms with Gasteiger partial charge in [-0.15, -0.1) is 0 Å². The zero-order valence-corrected chi connectivity index (χ0v) is 10.4. The van der Waals surface area contributed by atoms with Gasteiger partial charge in [0.15, 0.2) is 0 Å². The Morgan fingerprint density at radius 2 is 2.29 bits per heavy atom. The molecule has 0 bridgehead atoms. The first-order chi connectivity index (χ1) is 8.33. The molecule has 0 spiro atoms. The van der Waals surface area contributed by atoms with Crippen LogP contribution in [-0.4, -0.2) is 30.8 Å². The van der Waals surface area contributed by atoms with Crippen LogP contribution in [0.25, 0.3) is 0 Å². The summed E-state index contributed by atoms with van der Waals surface area (Å²) in [6, 6.07) is 8.47. The van der Waals surface area contributed by atoms with E-state index < -0.39 is 0 Å². The fraction of sp³-hybridized carbons (Fsp3) is 0.571. The lowest BCUT2D eigenvalue weighted by atomic mass is 9.91. The Bertz CT molecular complexity index is 354. The molecule has 1 aromatic rings. The van der Waals surface area contributed by atoms with Crippen LogP contribution in [0, 0.1) is 0 Å². The summed E-state index contributed by atoms with van der Waals surface area (Å²) in [5.41, 5.74) is 2.62. The molecule has 0 saturated carbocycles. The Morgan fingerprint density at radius 3 is 3.12 bits per heavy atom. The number of benzene rings is 1. The van der Waals surface area contributed by atoms with Gasteiger partial charge >= 0.3 is 0 Å². The molecule has 2 unspecified atom stereocenters. The summed E-state index contributed by atoms with van der Waals surface area (Å²) in [6.07, 6.45) is 1.80. The van der Waals surface area contributed by atoms with Crippen molar-refractivity contribution >= 4 is 0 Å². The average molecular weight is 234 g/mol. The summed E-state index contributed by atoms with van der Waals surface area (Å²) in [7, 11) is 0. The SMILES string of the molecule is CCCNCC(O)C1NCCc2ccccc21. The molecule has 1 aliphatic heterocycles. The van der Waals surface area contributed by atoms with Crippen molar-refractivity contribution < 1.29 is 5.11 Å². The van der Waals surface area contributed by atoms with Crippen molar-refractivity contribution in [3.05, 3.63) is 35.4 Å². The van der Waals surface area contributed by atoms with Crippen LogP contribution in [0.3, 0.4) is 0 Å². The van der Waals surface area contributed by atoms with E-state index in [0.29, 0.717) is 6.54 Å². The van der Waals surface area contributed by atoms with Crippen LogP contribution in [0.4, 0.5) is 0 Å². The second-order valence-corrected chi connectivity index (χ2v) is 4.65. The Labute approximate surface area is 103 Å². The molecule has 1 aliphatic rings. The van der Waals surface area contributed by atoms with Gasteiger partial charge in [0.05, 0.1) is 12.1 Å². The molecule has 0 saturated heterocycles. The second-order valence-electron chi connectivity index (χ2n) is 4.65. The Balaban J connectivity index is 2.02. The summed E-state index contributed by atoms with van der Waals surface area (Å²) in [6.45, 7) is 4.70. The monoisotopic (exact) mass is 234 g/mol. The van der Waals surface area contributed by atoms with E-state index >= 15 is 0 Å². The summed E-state index contributed by atoms with van der Waals surface area (Å²) in [5, 5.41) is 16.9. The second kappa shape index (κ2) is 6.15. The highest BCUT2D eigenvalue weighted by molar-refractivity contribution is 5.33. The van der Waals surface area contributed by atoms with E-state index in [-0.39, 0.29) is 12.1 Å². The molecule has 1 aromatic carbocycles. The van der Waals surface area contributed by atoms with E-state index in [1.54, 1.807) is 0 Å². The molecule has 1 heterocycles. The zero-order chi connectivity index (χ0) is 12.1. The van der Waals surface area contributed by atoms with Crippen molar-refractivity contribution in [1.82, 2.24) is 10.6 Å². The molecular formula is C14H22N2O. The van der Waals surface area contributed by atoms with E-state index in [1.165, 1.54) is 11.1 Å². The fourth-order valence-corrected chi connectivity index (χ4v) is 2.43. The number of rotatable bonds is 5. The highest BCUT2D eigenvalue weighted by atomic mass is 16.3. The van der Waals surface area contributed by atoms with E-state index in [4.69, 9.17) is 0 Å². The van der Waals surface area contributed by atoms with Crippen LogP contribution >= 0.6 is 0 Å². The molecular weight excluding hydrogens is 212 g/mol. The lowest BCUT2D eigenvalue weighted by molar-refractivity contribution is 0.122. The molecule has 0 aromatic heterocycles. The van der Waals surface area contributed by atoms with Gasteiger partial charge in [0, 0.05) is 6.54 Å². The molecule has 17 heavy (non-hydrogen) atoms. The summed E-state index contributed by atoms with van der Waals surface area (Å²) >= 11 is 0. The van der Waals surface area contributed by atoms with Gasteiger partial charge in [-0.25, -0.2) is 0 Å². The number of aliphatic hydroxyl groups is 1. The molecule has 3 nitrogen and oxygen atoms in total. The van der Waals surface area contributed by atoms with Gasteiger partial charge in [-0.05, 0) is 37.1 Å². The van der Waals surface area contributed by atoms with Gasteiger partial charge < -0.3 is 15.7 Å². The maximum Gasteiger partial charge on any atom is 0.0859 e. The van der Waals surface area contributed by atoms with Gasteiger partial charge in [-0.3, -0.25) is 0 Å². The standard InChI is InChI=1S/C14H22N2O/c1-2-8-15-10-13(17)14-12-6-4-3-5-11(12)7-9-16-14/h3-6,13-17H,2,7-10H2,1H3. The molecule has 2 rings (SSSR count). The molecule has 3 N–H and O–H groups in total. The van der Waals surface area contributed by atoms with Gasteiger partial charge in [0.1, 0.15) is 0 Å². The number of aliphatic hydroxyl groups excluding tert-OH is 1. The minimum absolute atomic E-state index is 0.0734. The van der Waals surface area contributed by atoms with Crippen molar-refractivity contribution in [2.45, 2.75) is 31.9 Å². The van der Waals surface area contributed by atoms with Gasteiger partial charge in [0.2, 0.25) is 0 Å². The molecule has 0 fully saturated rings. The summed E-state index contributed by atoms with van der Waals surface area (Å²) in [4.78, 5) is 0. The van der Waals surface area contributed by atoms with Gasteiger partial charge in [0.25, 0.3) is 0 Å². The van der Waals surface area contributed by atoms with Crippen molar-refractivity contribution in [2.75, 3.05) is 19.6 Å². The highest BCUT2D eigenvalue weighted by Gasteiger charge is 2.25. The van der Waals surface area contributed by atoms with Crippen LogP contribution in [-0.2, 0) is 6.42 Å². The van der Waals surface area contributed by atoms with E-state index in [0.717, 1.165) is 25.9 Å². The Kier molecular flexibility index (Phi) is 4.54. The quantitative estimate of drug-likeness (QED) is 0.672. The van der Waals surface area contributed by atoms with Crippen molar-refractivity contribution in [1.29, 1.82) is 0 Å². The third-order valence-electron chi connectivity index (χ3n) is 3.31. The first kappa shape index (κ1) is 12.6. The van der Waals surface area contributed by atoms with Crippen molar-refractivity contribution in [3.8, 4) is 0 Å². The zero-order valence-electron chi connectivity index (χ0n) is 10.4. The van der Waals surface area contributed by atoms with Crippen LogP contribution in [0.2, 0.25) is 0 Å². The van der Waals surface area contributed by atoms with Crippen LogP contribution in [0.5, 0.6) is 0 Å². The van der Waals surface area contributed by atoms with Gasteiger partial charge in [-0.1, -0.05) is 31.2 Å². The maximum absolute atomic E-state index is 10.2. The average Bonchev–Trinajstić information content (AvgIpc) is 2.38. The topological polar surface area (TPSA) is 44.3 Å². The summed E-state index contributed by atoms with van der Waals surface area (Å²) < 4.78 is 0. The number of hydrogen-bond acceptors (Lipinski definition) is 3. The number of fused-ring (bicyclic) bond motifs is 1. The molecule has 0 amide bonds. The number of hydrogen-bond donors (Lipinski definition) is 3. The molecule has 0 radical (unpaired) electrons. The van der Waals surface area contributed by atoms with Crippen molar-refractivity contribution in [3.63, 3.8) is 0 Å². The molecule has 3 heteroatoms. The minimum atomic E-state index is -0.358. The maximum atomic E-state index is 10.2. The smallest absolute Gasteiger partial charge is 0.0859 e. The normalized spacial score (nSPS) is 20.9. The van der Waals surface area contributed by atoms with E-state index in [2.05, 4.69) is 35.8 Å². The summed E-state index contributed by atoms with van der Waals surface area (Å²) in [5.74, 6) is 0. The molecule has 0 aliphatic carbocycles. The van der Waals surface area contributed by atoms with Crippen LogP contribution in [0.1, 0.15) is 30.5 Å². The predicted octanol–water partition coefficient (Wildman–Crippen LogP) is 1.23. The Hall–Kier alpha value is -0.900.